The van der Waals surface area contributed by atoms with Crippen molar-refractivity contribution in [3.8, 4) is 39.3 Å². The van der Waals surface area contributed by atoms with E-state index in [0.29, 0.717) is 27.8 Å². The number of fused-ring (bicyclic) bond motifs is 4. The van der Waals surface area contributed by atoms with E-state index in [0.717, 1.165) is 33.4 Å². The largest absolute Gasteiger partial charge is 0.455 e. The second-order valence-corrected chi connectivity index (χ2v) is 13.1. The molecule has 0 atom stereocenters. The molecule has 6 aromatic carbocycles. The van der Waals surface area contributed by atoms with Crippen molar-refractivity contribution >= 4 is 33.0 Å². The maximum absolute atomic E-state index is 15.1. The zero-order chi connectivity index (χ0) is 35.6. The maximum Gasteiger partial charge on any atom is 0.149 e. The van der Waals surface area contributed by atoms with Crippen LogP contribution < -0.4 is 0 Å². The van der Waals surface area contributed by atoms with E-state index in [-0.39, 0.29) is 17.4 Å². The first-order chi connectivity index (χ1) is 24.5. The summed E-state index contributed by atoms with van der Waals surface area (Å²) in [4.78, 5) is 5.21. The second-order valence-electron chi connectivity index (χ2n) is 13.1. The van der Waals surface area contributed by atoms with E-state index in [9.17, 15) is 0 Å². The van der Waals surface area contributed by atoms with E-state index in [1.54, 1.807) is 0 Å². The molecule has 0 fully saturated rings. The van der Waals surface area contributed by atoms with Crippen molar-refractivity contribution < 1.29 is 12.9 Å². The fourth-order valence-electron chi connectivity index (χ4n) is 6.90. The Balaban J connectivity index is 1.37. The summed E-state index contributed by atoms with van der Waals surface area (Å²) in [5.74, 6) is 0.276. The SMILES string of the molecule is [2H]C([2H])([2H])c1cc2oc3c(-c4nc5ccccc5n4-c4c(C(C)C)cc(-c5ccc(-c6ccccc6)cc5)cc4C(C)C)cccc3c2cc1F. The van der Waals surface area contributed by atoms with Crippen molar-refractivity contribution in [3.05, 3.63) is 144 Å². The van der Waals surface area contributed by atoms with Crippen LogP contribution in [0.5, 0.6) is 0 Å². The lowest BCUT2D eigenvalue weighted by atomic mass is 9.87. The molecule has 8 rings (SSSR count). The van der Waals surface area contributed by atoms with Crippen molar-refractivity contribution in [2.45, 2.75) is 46.4 Å². The quantitative estimate of drug-likeness (QED) is 0.183. The molecule has 4 heteroatoms. The Morgan fingerprint density at radius 1 is 0.667 bits per heavy atom. The molecular weight excluding hydrogens is 591 g/mol. The minimum Gasteiger partial charge on any atom is -0.455 e. The van der Waals surface area contributed by atoms with Crippen molar-refractivity contribution in [1.29, 1.82) is 0 Å². The lowest BCUT2D eigenvalue weighted by Crippen LogP contribution is -2.09. The number of para-hydroxylation sites is 3. The van der Waals surface area contributed by atoms with Gasteiger partial charge in [-0.15, -0.1) is 0 Å². The minimum atomic E-state index is -2.61. The molecule has 0 unspecified atom stereocenters. The van der Waals surface area contributed by atoms with Crippen LogP contribution in [-0.2, 0) is 0 Å². The number of furan rings is 1. The maximum atomic E-state index is 15.1. The number of halogens is 1. The summed E-state index contributed by atoms with van der Waals surface area (Å²) in [5.41, 5.74) is 11.1. The molecule has 0 radical (unpaired) electrons. The van der Waals surface area contributed by atoms with Gasteiger partial charge < -0.3 is 4.42 Å². The van der Waals surface area contributed by atoms with Crippen LogP contribution in [0.4, 0.5) is 4.39 Å². The van der Waals surface area contributed by atoms with E-state index in [4.69, 9.17) is 13.5 Å². The van der Waals surface area contributed by atoms with Crippen molar-refractivity contribution in [2.24, 2.45) is 0 Å². The van der Waals surface area contributed by atoms with Gasteiger partial charge in [0.2, 0.25) is 0 Å². The number of aromatic nitrogens is 2. The highest BCUT2D eigenvalue weighted by Crippen LogP contribution is 2.43. The van der Waals surface area contributed by atoms with Crippen LogP contribution in [0.25, 0.3) is 72.3 Å². The Bertz CT molecular complexity index is 2550. The predicted molar refractivity (Wildman–Crippen MR) is 198 cm³/mol. The van der Waals surface area contributed by atoms with Crippen LogP contribution in [-0.4, -0.2) is 9.55 Å². The van der Waals surface area contributed by atoms with Crippen LogP contribution >= 0.6 is 0 Å². The summed E-state index contributed by atoms with van der Waals surface area (Å²) in [6.45, 7) is 6.29. The van der Waals surface area contributed by atoms with E-state index >= 15 is 4.39 Å². The molecule has 3 nitrogen and oxygen atoms in total. The van der Waals surface area contributed by atoms with Crippen LogP contribution in [0.3, 0.4) is 0 Å². The molecule has 0 amide bonds. The smallest absolute Gasteiger partial charge is 0.149 e. The molecule has 0 bridgehead atoms. The Morgan fingerprint density at radius 2 is 1.31 bits per heavy atom. The van der Waals surface area contributed by atoms with Crippen molar-refractivity contribution in [2.75, 3.05) is 0 Å². The zero-order valence-electron chi connectivity index (χ0n) is 30.4. The monoisotopic (exact) mass is 631 g/mol. The van der Waals surface area contributed by atoms with E-state index in [2.05, 4.69) is 99.0 Å². The number of aryl methyl sites for hydroxylation is 1. The molecule has 2 aromatic heterocycles. The first kappa shape index (κ1) is 26.6. The lowest BCUT2D eigenvalue weighted by molar-refractivity contribution is 0.617. The minimum absolute atomic E-state index is 0.179. The number of rotatable bonds is 6. The third kappa shape index (κ3) is 4.91. The van der Waals surface area contributed by atoms with Gasteiger partial charge in [-0.05, 0) is 100 Å². The number of nitrogens with zero attached hydrogens (tertiary/aromatic N) is 2. The van der Waals surface area contributed by atoms with Crippen molar-refractivity contribution in [3.63, 3.8) is 0 Å². The zero-order valence-corrected chi connectivity index (χ0v) is 27.4. The Labute approximate surface area is 284 Å². The normalized spacial score (nSPS) is 13.1. The standard InChI is InChI=1S/C44H37FN2O/c1-26(2)35-23-32(31-20-18-30(19-21-31)29-12-7-6-8-13-29)24-36(27(3)4)42(35)47-40-17-10-9-16-39(40)46-44(47)34-15-11-14-33-37-25-38(45)28(5)22-41(37)48-43(33)34/h6-27H,1-5H3/i5D3. The summed E-state index contributed by atoms with van der Waals surface area (Å²) in [6, 6.07) is 40.3. The van der Waals surface area contributed by atoms with E-state index in [1.165, 1.54) is 34.4 Å². The Hall–Kier alpha value is -5.48. The fourth-order valence-corrected chi connectivity index (χ4v) is 6.90. The Morgan fingerprint density at radius 3 is 2.00 bits per heavy atom. The highest BCUT2D eigenvalue weighted by molar-refractivity contribution is 6.09. The van der Waals surface area contributed by atoms with Gasteiger partial charge in [0, 0.05) is 14.9 Å². The number of benzene rings is 6. The van der Waals surface area contributed by atoms with Crippen molar-refractivity contribution in [1.82, 2.24) is 9.55 Å². The summed E-state index contributed by atoms with van der Waals surface area (Å²) in [7, 11) is 0. The third-order valence-corrected chi connectivity index (χ3v) is 9.35. The number of hydrogen-bond donors (Lipinski definition) is 0. The van der Waals surface area contributed by atoms with Gasteiger partial charge in [0.05, 0.1) is 22.3 Å². The van der Waals surface area contributed by atoms with Gasteiger partial charge >= 0.3 is 0 Å². The first-order valence-corrected chi connectivity index (χ1v) is 16.5. The summed E-state index contributed by atoms with van der Waals surface area (Å²) in [6.07, 6.45) is 0. The van der Waals surface area contributed by atoms with Gasteiger partial charge in [-0.2, -0.15) is 0 Å². The van der Waals surface area contributed by atoms with Gasteiger partial charge in [0.1, 0.15) is 22.8 Å². The summed E-state index contributed by atoms with van der Waals surface area (Å²) < 4.78 is 47.4. The molecule has 48 heavy (non-hydrogen) atoms. The lowest BCUT2D eigenvalue weighted by Gasteiger charge is -2.24. The van der Waals surface area contributed by atoms with Crippen LogP contribution in [0.2, 0.25) is 0 Å². The van der Waals surface area contributed by atoms with Gasteiger partial charge in [0.15, 0.2) is 0 Å². The molecule has 0 aliphatic heterocycles. The van der Waals surface area contributed by atoms with Gasteiger partial charge in [-0.1, -0.05) is 107 Å². The van der Waals surface area contributed by atoms with E-state index < -0.39 is 12.7 Å². The second kappa shape index (κ2) is 11.6. The van der Waals surface area contributed by atoms with Crippen LogP contribution in [0.15, 0.2) is 126 Å². The van der Waals surface area contributed by atoms with Gasteiger partial charge in [0.25, 0.3) is 0 Å². The average Bonchev–Trinajstić information content (AvgIpc) is 3.69. The topological polar surface area (TPSA) is 31.0 Å². The van der Waals surface area contributed by atoms with E-state index in [1.807, 2.05) is 42.5 Å². The molecule has 0 aliphatic rings. The third-order valence-electron chi connectivity index (χ3n) is 9.35. The molecule has 0 spiro atoms. The van der Waals surface area contributed by atoms with Crippen LogP contribution in [0.1, 0.15) is 60.3 Å². The molecular formula is C44H37FN2O. The Kier molecular flexibility index (Phi) is 6.45. The molecule has 2 heterocycles. The predicted octanol–water partition coefficient (Wildman–Crippen LogP) is 12.6. The number of hydrogen-bond acceptors (Lipinski definition) is 2. The fraction of sp³-hybridized carbons (Fsp3) is 0.159. The highest BCUT2D eigenvalue weighted by atomic mass is 19.1. The van der Waals surface area contributed by atoms with Gasteiger partial charge in [-0.25, -0.2) is 9.37 Å². The first-order valence-electron chi connectivity index (χ1n) is 18.0. The highest BCUT2D eigenvalue weighted by Gasteiger charge is 2.25. The molecule has 236 valence electrons. The molecule has 0 N–H and O–H groups in total. The molecule has 0 saturated heterocycles. The van der Waals surface area contributed by atoms with Crippen LogP contribution in [0, 0.1) is 12.7 Å². The number of imidazole rings is 1. The average molecular weight is 632 g/mol. The van der Waals surface area contributed by atoms with Gasteiger partial charge in [-0.3, -0.25) is 4.57 Å². The molecule has 0 saturated carbocycles. The summed E-state index contributed by atoms with van der Waals surface area (Å²) >= 11 is 0. The summed E-state index contributed by atoms with van der Waals surface area (Å²) in [5, 5.41) is 1.22. The molecule has 0 aliphatic carbocycles. The molecule has 8 aromatic rings.